The lowest BCUT2D eigenvalue weighted by Gasteiger charge is -2.25. The Bertz CT molecular complexity index is 283. The second kappa shape index (κ2) is 8.63. The van der Waals surface area contributed by atoms with E-state index in [9.17, 15) is 4.79 Å². The molecule has 1 aliphatic carbocycles. The van der Waals surface area contributed by atoms with Crippen molar-refractivity contribution in [1.29, 1.82) is 0 Å². The van der Waals surface area contributed by atoms with Crippen molar-refractivity contribution in [2.45, 2.75) is 70.4 Å². The third-order valence-corrected chi connectivity index (χ3v) is 4.71. The van der Waals surface area contributed by atoms with Crippen LogP contribution in [-0.2, 0) is 4.79 Å². The lowest BCUT2D eigenvalue weighted by molar-refractivity contribution is -0.122. The summed E-state index contributed by atoms with van der Waals surface area (Å²) in [6.45, 7) is 6.37. The molecule has 1 heterocycles. The number of rotatable bonds is 7. The van der Waals surface area contributed by atoms with E-state index in [4.69, 9.17) is 0 Å². The fourth-order valence-electron chi connectivity index (χ4n) is 3.41. The van der Waals surface area contributed by atoms with Gasteiger partial charge in [-0.2, -0.15) is 0 Å². The van der Waals surface area contributed by atoms with Gasteiger partial charge >= 0.3 is 0 Å². The van der Waals surface area contributed by atoms with Crippen molar-refractivity contribution in [2.75, 3.05) is 26.2 Å². The summed E-state index contributed by atoms with van der Waals surface area (Å²) < 4.78 is 0. The van der Waals surface area contributed by atoms with Crippen LogP contribution in [0.1, 0.15) is 58.3 Å². The Balaban J connectivity index is 1.62. The molecule has 0 bridgehead atoms. The molecular formula is C16H31N3O. The Kier molecular flexibility index (Phi) is 6.80. The highest BCUT2D eigenvalue weighted by Crippen LogP contribution is 2.17. The zero-order valence-electron chi connectivity index (χ0n) is 13.0. The average molecular weight is 281 g/mol. The van der Waals surface area contributed by atoms with Crippen molar-refractivity contribution in [3.8, 4) is 0 Å². The first-order valence-corrected chi connectivity index (χ1v) is 8.53. The molecule has 0 aromatic rings. The molecular weight excluding hydrogens is 250 g/mol. The van der Waals surface area contributed by atoms with E-state index >= 15 is 0 Å². The smallest absolute Gasteiger partial charge is 0.221 e. The number of carbonyl (C=O) groups excluding carboxylic acids is 1. The molecule has 0 radical (unpaired) electrons. The van der Waals surface area contributed by atoms with Crippen LogP contribution in [0.5, 0.6) is 0 Å². The molecule has 2 aliphatic rings. The second-order valence-corrected chi connectivity index (χ2v) is 6.34. The van der Waals surface area contributed by atoms with E-state index < -0.39 is 0 Å². The van der Waals surface area contributed by atoms with Crippen molar-refractivity contribution in [3.63, 3.8) is 0 Å². The van der Waals surface area contributed by atoms with E-state index in [1.165, 1.54) is 44.9 Å². The monoisotopic (exact) mass is 281 g/mol. The van der Waals surface area contributed by atoms with Crippen LogP contribution in [0.2, 0.25) is 0 Å². The van der Waals surface area contributed by atoms with Crippen molar-refractivity contribution in [1.82, 2.24) is 15.5 Å². The van der Waals surface area contributed by atoms with Gasteiger partial charge in [0.15, 0.2) is 0 Å². The van der Waals surface area contributed by atoms with Gasteiger partial charge in [0.05, 0.1) is 0 Å². The van der Waals surface area contributed by atoms with Gasteiger partial charge < -0.3 is 15.5 Å². The molecule has 1 unspecified atom stereocenters. The minimum Gasteiger partial charge on any atom is -0.353 e. The molecule has 20 heavy (non-hydrogen) atoms. The maximum Gasteiger partial charge on any atom is 0.221 e. The molecule has 0 aromatic heterocycles. The molecule has 1 amide bonds. The molecule has 1 aliphatic heterocycles. The van der Waals surface area contributed by atoms with Gasteiger partial charge in [0.2, 0.25) is 5.91 Å². The number of nitrogens with zero attached hydrogens (tertiary/aromatic N) is 1. The predicted octanol–water partition coefficient (Wildman–Crippen LogP) is 1.90. The Morgan fingerprint density at radius 2 is 2.00 bits per heavy atom. The lowest BCUT2D eigenvalue weighted by atomic mass is 9.95. The van der Waals surface area contributed by atoms with E-state index in [1.54, 1.807) is 0 Å². The minimum absolute atomic E-state index is 0.245. The highest BCUT2D eigenvalue weighted by atomic mass is 16.1. The summed E-state index contributed by atoms with van der Waals surface area (Å²) in [6, 6.07) is 1.08. The fraction of sp³-hybridized carbons (Fsp3) is 0.938. The van der Waals surface area contributed by atoms with Gasteiger partial charge in [0.1, 0.15) is 0 Å². The highest BCUT2D eigenvalue weighted by Gasteiger charge is 2.19. The van der Waals surface area contributed by atoms with E-state index in [0.717, 1.165) is 26.2 Å². The maximum absolute atomic E-state index is 12.0. The summed E-state index contributed by atoms with van der Waals surface area (Å²) in [5, 5.41) is 6.74. The summed E-state index contributed by atoms with van der Waals surface area (Å²) >= 11 is 0. The SMILES string of the molecule is CCN(CCC(=O)NC1CCCCC1)CC1CCCN1. The molecule has 0 spiro atoms. The van der Waals surface area contributed by atoms with Crippen LogP contribution in [0, 0.1) is 0 Å². The Labute approximate surface area is 123 Å². The molecule has 2 rings (SSSR count). The standard InChI is InChI=1S/C16H31N3O/c1-2-19(13-15-9-6-11-17-15)12-10-16(20)18-14-7-4-3-5-8-14/h14-15,17H,2-13H2,1H3,(H,18,20). The molecule has 1 saturated heterocycles. The molecule has 4 heteroatoms. The summed E-state index contributed by atoms with van der Waals surface area (Å²) in [4.78, 5) is 14.4. The largest absolute Gasteiger partial charge is 0.353 e. The molecule has 2 N–H and O–H groups in total. The Morgan fingerprint density at radius 3 is 2.65 bits per heavy atom. The number of amides is 1. The zero-order valence-corrected chi connectivity index (χ0v) is 13.0. The summed E-state index contributed by atoms with van der Waals surface area (Å²) in [6.07, 6.45) is 9.47. The van der Waals surface area contributed by atoms with E-state index in [0.29, 0.717) is 18.5 Å². The van der Waals surface area contributed by atoms with Gasteiger partial charge in [-0.1, -0.05) is 26.2 Å². The Morgan fingerprint density at radius 1 is 1.20 bits per heavy atom. The van der Waals surface area contributed by atoms with Crippen molar-refractivity contribution in [2.24, 2.45) is 0 Å². The van der Waals surface area contributed by atoms with Crippen molar-refractivity contribution in [3.05, 3.63) is 0 Å². The van der Waals surface area contributed by atoms with Gasteiger partial charge in [-0.25, -0.2) is 0 Å². The molecule has 116 valence electrons. The third kappa shape index (κ3) is 5.41. The average Bonchev–Trinajstić information content (AvgIpc) is 2.97. The van der Waals surface area contributed by atoms with Crippen LogP contribution in [0.4, 0.5) is 0 Å². The summed E-state index contributed by atoms with van der Waals surface area (Å²) in [7, 11) is 0. The van der Waals surface area contributed by atoms with Crippen LogP contribution in [0.25, 0.3) is 0 Å². The number of hydrogen-bond acceptors (Lipinski definition) is 3. The van der Waals surface area contributed by atoms with Crippen LogP contribution < -0.4 is 10.6 Å². The number of carbonyl (C=O) groups is 1. The van der Waals surface area contributed by atoms with Gasteiger partial charge in [0.25, 0.3) is 0 Å². The first-order valence-electron chi connectivity index (χ1n) is 8.53. The third-order valence-electron chi connectivity index (χ3n) is 4.71. The molecule has 0 aromatic carbocycles. The zero-order chi connectivity index (χ0) is 14.2. The molecule has 1 atom stereocenters. The van der Waals surface area contributed by atoms with Gasteiger partial charge in [0, 0.05) is 31.6 Å². The minimum atomic E-state index is 0.245. The molecule has 4 nitrogen and oxygen atoms in total. The van der Waals surface area contributed by atoms with E-state index in [-0.39, 0.29) is 5.91 Å². The summed E-state index contributed by atoms with van der Waals surface area (Å²) in [5.41, 5.74) is 0. The molecule has 1 saturated carbocycles. The lowest BCUT2D eigenvalue weighted by Crippen LogP contribution is -2.41. The normalized spacial score (nSPS) is 24.2. The van der Waals surface area contributed by atoms with Crippen LogP contribution in [0.15, 0.2) is 0 Å². The van der Waals surface area contributed by atoms with Gasteiger partial charge in [-0.15, -0.1) is 0 Å². The topological polar surface area (TPSA) is 44.4 Å². The van der Waals surface area contributed by atoms with Crippen molar-refractivity contribution < 1.29 is 4.79 Å². The van der Waals surface area contributed by atoms with Crippen LogP contribution in [0.3, 0.4) is 0 Å². The van der Waals surface area contributed by atoms with Crippen LogP contribution in [-0.4, -0.2) is 49.1 Å². The number of nitrogens with one attached hydrogen (secondary N) is 2. The predicted molar refractivity (Wildman–Crippen MR) is 82.8 cm³/mol. The second-order valence-electron chi connectivity index (χ2n) is 6.34. The van der Waals surface area contributed by atoms with Gasteiger partial charge in [-0.3, -0.25) is 4.79 Å². The number of likely N-dealkylation sites (N-methyl/N-ethyl adjacent to an activating group) is 1. The van der Waals surface area contributed by atoms with Gasteiger partial charge in [-0.05, 0) is 38.8 Å². The van der Waals surface area contributed by atoms with E-state index in [1.807, 2.05) is 0 Å². The number of hydrogen-bond donors (Lipinski definition) is 2. The fourth-order valence-corrected chi connectivity index (χ4v) is 3.41. The highest BCUT2D eigenvalue weighted by molar-refractivity contribution is 5.76. The quantitative estimate of drug-likeness (QED) is 0.749. The van der Waals surface area contributed by atoms with Crippen LogP contribution >= 0.6 is 0 Å². The first-order chi connectivity index (χ1) is 9.78. The van der Waals surface area contributed by atoms with Crippen molar-refractivity contribution >= 4 is 5.91 Å². The Hall–Kier alpha value is -0.610. The van der Waals surface area contributed by atoms with E-state index in [2.05, 4.69) is 22.5 Å². The maximum atomic E-state index is 12.0. The first kappa shape index (κ1) is 15.8. The summed E-state index contributed by atoms with van der Waals surface area (Å²) in [5.74, 6) is 0.245. The molecule has 2 fully saturated rings.